The summed E-state index contributed by atoms with van der Waals surface area (Å²) in [6, 6.07) is 34.7. The van der Waals surface area contributed by atoms with Gasteiger partial charge in [0.25, 0.3) is 9.84 Å². The highest BCUT2D eigenvalue weighted by Gasteiger charge is 2.50. The lowest BCUT2D eigenvalue weighted by Gasteiger charge is -2.37. The van der Waals surface area contributed by atoms with E-state index in [1.165, 1.54) is 34.8 Å². The number of rotatable bonds is 19. The van der Waals surface area contributed by atoms with E-state index >= 15 is 4.57 Å². The van der Waals surface area contributed by atoms with Crippen LogP contribution in [0.1, 0.15) is 44.8 Å². The van der Waals surface area contributed by atoms with Gasteiger partial charge in [-0.25, -0.2) is 21.4 Å². The topological polar surface area (TPSA) is 191 Å². The molecule has 6 aromatic rings. The fourth-order valence-electron chi connectivity index (χ4n) is 10.9. The Balaban J connectivity index is 0.919. The molecule has 3 fully saturated rings. The summed E-state index contributed by atoms with van der Waals surface area (Å²) in [6.07, 6.45) is 1.70. The second-order valence-electron chi connectivity index (χ2n) is 20.4. The molecule has 80 heavy (non-hydrogen) atoms. The van der Waals surface area contributed by atoms with Crippen molar-refractivity contribution in [3.63, 3.8) is 0 Å². The lowest BCUT2D eigenvalue weighted by molar-refractivity contribution is -0.0435. The molecule has 3 aliphatic rings. The number of sulfone groups is 2. The number of phosphoric acid groups is 1. The summed E-state index contributed by atoms with van der Waals surface area (Å²) in [7, 11) is -18.5. The second-order valence-corrected chi connectivity index (χ2v) is 29.3. The number of benzene rings is 5. The molecule has 0 unspecified atom stereocenters. The van der Waals surface area contributed by atoms with E-state index in [9.17, 15) is 44.4 Å². The quantitative estimate of drug-likeness (QED) is 0.0512. The third kappa shape index (κ3) is 13.3. The van der Waals surface area contributed by atoms with Gasteiger partial charge in [0.15, 0.2) is 9.84 Å². The third-order valence-electron chi connectivity index (χ3n) is 14.6. The number of piperazine rings is 1. The molecule has 0 saturated carbocycles. The Labute approximate surface area is 474 Å². The number of aromatic nitrogens is 1. The van der Waals surface area contributed by atoms with Gasteiger partial charge < -0.3 is 38.9 Å². The zero-order valence-electron chi connectivity index (χ0n) is 44.5. The molecule has 1 aromatic heterocycles. The normalized spacial score (nSPS) is 18.6. The summed E-state index contributed by atoms with van der Waals surface area (Å²) >= 11 is 7.73. The van der Waals surface area contributed by atoms with Crippen molar-refractivity contribution >= 4 is 86.4 Å². The molecule has 0 aliphatic carbocycles. The summed E-state index contributed by atoms with van der Waals surface area (Å²) < 4.78 is 139. The number of thioether (sulfide) groups is 1. The summed E-state index contributed by atoms with van der Waals surface area (Å²) in [5.41, 5.74) is -0.0497. The van der Waals surface area contributed by atoms with Crippen LogP contribution in [0, 0.1) is 6.92 Å². The fraction of sp³-hybridized carbons (Fsp3) is 0.382. The van der Waals surface area contributed by atoms with Crippen LogP contribution in [-0.2, 0) is 37.9 Å². The van der Waals surface area contributed by atoms with Crippen LogP contribution in [-0.4, -0.2) is 125 Å². The van der Waals surface area contributed by atoms with Crippen LogP contribution in [0.5, 0.6) is 0 Å². The van der Waals surface area contributed by atoms with Gasteiger partial charge in [-0.2, -0.15) is 13.2 Å². The Hall–Kier alpha value is -4.83. The van der Waals surface area contributed by atoms with Crippen molar-refractivity contribution in [2.24, 2.45) is 0 Å². The minimum Gasteiger partial charge on any atom is -0.380 e. The highest BCUT2D eigenvalue weighted by atomic mass is 35.5. The van der Waals surface area contributed by atoms with Gasteiger partial charge in [-0.15, -0.1) is 11.8 Å². The first-order valence-corrected chi connectivity index (χ1v) is 34.0. The Bertz CT molecular complexity index is 3510. The van der Waals surface area contributed by atoms with Gasteiger partial charge in [-0.05, 0) is 130 Å². The van der Waals surface area contributed by atoms with E-state index in [1.807, 2.05) is 99.6 Å². The van der Waals surface area contributed by atoms with Crippen LogP contribution in [0.25, 0.3) is 22.4 Å². The smallest absolute Gasteiger partial charge is 0.380 e. The van der Waals surface area contributed by atoms with Gasteiger partial charge in [0.05, 0.1) is 40.8 Å². The molecule has 9 rings (SSSR count). The molecule has 16 nitrogen and oxygen atoms in total. The SMILES string of the molecule is Cc1c(S(C)(=O)=O)c(-c2cccc(N3CCN(c4ccc(N5CCO[P@@]5(=O)c5ccc(N[C@H](CCN6CCC(OP(=O)(O)O)CC6)CSc6ccccc6)c(S(=O)(=O)C(F)(F)F)c5)cc4)CC3)c2)c(-c2ccc(Cl)cc2)n1C(C)C. The van der Waals surface area contributed by atoms with Gasteiger partial charge in [0.1, 0.15) is 4.90 Å². The number of hydrogen-bond acceptors (Lipinski definition) is 13. The van der Waals surface area contributed by atoms with Crippen molar-refractivity contribution in [1.29, 1.82) is 0 Å². The second kappa shape index (κ2) is 24.2. The van der Waals surface area contributed by atoms with E-state index in [4.69, 9.17) is 20.6 Å². The van der Waals surface area contributed by atoms with Crippen molar-refractivity contribution in [2.75, 3.05) is 90.8 Å². The standard InChI is InChI=1S/C55H64ClF3N6O10P2S3/c1-38(2)65-39(3)54(79(4,70)71)52(53(65)40-13-15-42(56)16-14-40)41-9-8-10-46(35-41)63-31-29-62(30-32-63)44-17-19-45(20-18-44)64-33-34-74-76(64,66)48-21-22-50(51(36-48)80(72,73)55(57,58)59)60-43(37-78-49-11-6-5-7-12-49)23-26-61-27-24-47(25-28-61)75-77(67,68)69/h5-22,35-36,38,43,47,60H,23-34,37H2,1-4H3,(H2,67,68,69)/t43-,76+/m1/s1. The number of hydrogen-bond donors (Lipinski definition) is 3. The van der Waals surface area contributed by atoms with E-state index in [0.29, 0.717) is 92.8 Å². The molecule has 25 heteroatoms. The van der Waals surface area contributed by atoms with Crippen molar-refractivity contribution in [2.45, 2.75) is 78.4 Å². The van der Waals surface area contributed by atoms with E-state index in [-0.39, 0.29) is 35.1 Å². The van der Waals surface area contributed by atoms with Gasteiger partial charge in [0, 0.05) is 108 Å². The molecule has 0 amide bonds. The van der Waals surface area contributed by atoms with Crippen LogP contribution in [0.4, 0.5) is 35.9 Å². The summed E-state index contributed by atoms with van der Waals surface area (Å²) in [5.74, 6) is 0.334. The van der Waals surface area contributed by atoms with Crippen LogP contribution in [0.2, 0.25) is 5.02 Å². The average molecular weight is 1220 g/mol. The predicted molar refractivity (Wildman–Crippen MR) is 311 cm³/mol. The molecule has 0 radical (unpaired) electrons. The lowest BCUT2D eigenvalue weighted by atomic mass is 10.00. The highest BCUT2D eigenvalue weighted by molar-refractivity contribution is 7.99. The number of piperidine rings is 1. The van der Waals surface area contributed by atoms with E-state index in [0.717, 1.165) is 39.2 Å². The first-order chi connectivity index (χ1) is 37.8. The maximum Gasteiger partial charge on any atom is 0.501 e. The molecule has 3 saturated heterocycles. The number of nitrogens with one attached hydrogen (secondary N) is 1. The number of nitrogens with zero attached hydrogens (tertiary/aromatic N) is 5. The summed E-state index contributed by atoms with van der Waals surface area (Å²) in [6.45, 7) is 9.85. The van der Waals surface area contributed by atoms with Crippen LogP contribution < -0.4 is 25.1 Å². The number of anilines is 4. The average Bonchev–Trinajstić information content (AvgIpc) is 4.18. The van der Waals surface area contributed by atoms with Gasteiger partial charge >= 0.3 is 20.9 Å². The zero-order valence-corrected chi connectivity index (χ0v) is 49.5. The Morgan fingerprint density at radius 2 is 1.45 bits per heavy atom. The molecule has 3 N–H and O–H groups in total. The number of halogens is 4. The summed E-state index contributed by atoms with van der Waals surface area (Å²) in [5, 5.41) is 3.45. The number of likely N-dealkylation sites (tertiary alicyclic amines) is 1. The van der Waals surface area contributed by atoms with Crippen molar-refractivity contribution < 1.29 is 58.0 Å². The van der Waals surface area contributed by atoms with Crippen molar-refractivity contribution in [1.82, 2.24) is 9.47 Å². The fourth-order valence-corrected chi connectivity index (χ4v) is 17.1. The Morgan fingerprint density at radius 3 is 2.06 bits per heavy atom. The van der Waals surface area contributed by atoms with Gasteiger partial charge in [-0.1, -0.05) is 54.1 Å². The van der Waals surface area contributed by atoms with Crippen LogP contribution in [0.3, 0.4) is 0 Å². The van der Waals surface area contributed by atoms with E-state index < -0.39 is 57.6 Å². The molecule has 2 atom stereocenters. The number of alkyl halides is 3. The van der Waals surface area contributed by atoms with Gasteiger partial charge in [0.2, 0.25) is 0 Å². The molecular weight excluding hydrogens is 1160 g/mol. The van der Waals surface area contributed by atoms with Crippen molar-refractivity contribution in [3.8, 4) is 22.4 Å². The maximum absolute atomic E-state index is 15.0. The molecule has 0 bridgehead atoms. The minimum absolute atomic E-state index is 0.0355. The highest BCUT2D eigenvalue weighted by Crippen LogP contribution is 2.56. The molecular formula is C55H64ClF3N6O10P2S3. The minimum atomic E-state index is -6.00. The lowest BCUT2D eigenvalue weighted by Crippen LogP contribution is -2.46. The largest absolute Gasteiger partial charge is 0.501 e. The van der Waals surface area contributed by atoms with Crippen LogP contribution in [0.15, 0.2) is 136 Å². The maximum atomic E-state index is 15.0. The molecule has 3 aliphatic heterocycles. The monoisotopic (exact) mass is 1220 g/mol. The molecule has 430 valence electrons. The number of phosphoric ester groups is 1. The zero-order chi connectivity index (χ0) is 57.4. The molecule has 0 spiro atoms. The predicted octanol–water partition coefficient (Wildman–Crippen LogP) is 11.3. The summed E-state index contributed by atoms with van der Waals surface area (Å²) in [4.78, 5) is 25.1. The van der Waals surface area contributed by atoms with Crippen LogP contribution >= 0.6 is 38.7 Å². The van der Waals surface area contributed by atoms with Crippen molar-refractivity contribution in [3.05, 3.63) is 132 Å². The van der Waals surface area contributed by atoms with E-state index in [2.05, 4.69) is 24.6 Å². The van der Waals surface area contributed by atoms with Gasteiger partial charge in [-0.3, -0.25) is 13.8 Å². The van der Waals surface area contributed by atoms with E-state index in [1.54, 1.807) is 24.3 Å². The first kappa shape index (κ1) is 59.8. The first-order valence-electron chi connectivity index (χ1n) is 26.1. The molecule has 4 heterocycles. The third-order valence-corrected chi connectivity index (χ3v) is 21.9. The Morgan fingerprint density at radius 1 is 0.812 bits per heavy atom. The Kier molecular flexibility index (Phi) is 18.1. The molecule has 5 aromatic carbocycles.